The zero-order chi connectivity index (χ0) is 19.3. The van der Waals surface area contributed by atoms with Crippen molar-refractivity contribution in [1.82, 2.24) is 20.0 Å². The topological polar surface area (TPSA) is 50.2 Å². The van der Waals surface area contributed by atoms with Gasteiger partial charge in [0.15, 0.2) is 0 Å². The van der Waals surface area contributed by atoms with Crippen LogP contribution in [-0.4, -0.2) is 40.2 Å². The molecule has 0 spiro atoms. The van der Waals surface area contributed by atoms with Crippen molar-refractivity contribution in [3.8, 4) is 5.69 Å². The largest absolute Gasteiger partial charge is 0.333 e. The van der Waals surface area contributed by atoms with Crippen molar-refractivity contribution >= 4 is 5.91 Å². The van der Waals surface area contributed by atoms with Gasteiger partial charge in [0.2, 0.25) is 5.91 Å². The first kappa shape index (κ1) is 18.4. The fourth-order valence-corrected chi connectivity index (χ4v) is 3.62. The maximum atomic E-state index is 13.6. The molecular weight excluding hydrogens is 355 g/mol. The van der Waals surface area contributed by atoms with E-state index in [0.29, 0.717) is 25.9 Å². The SMILES string of the molecule is O=C(CCc1cnn(-c2ccccc2)c1)N1CCNCC1c1cccc(F)c1. The van der Waals surface area contributed by atoms with Gasteiger partial charge >= 0.3 is 0 Å². The molecule has 1 aromatic heterocycles. The first-order chi connectivity index (χ1) is 13.7. The van der Waals surface area contributed by atoms with E-state index in [-0.39, 0.29) is 17.8 Å². The highest BCUT2D eigenvalue weighted by molar-refractivity contribution is 5.77. The summed E-state index contributed by atoms with van der Waals surface area (Å²) < 4.78 is 15.4. The number of carbonyl (C=O) groups excluding carboxylic acids is 1. The molecule has 1 unspecified atom stereocenters. The van der Waals surface area contributed by atoms with Crippen molar-refractivity contribution in [2.24, 2.45) is 0 Å². The molecule has 0 bridgehead atoms. The van der Waals surface area contributed by atoms with E-state index in [4.69, 9.17) is 0 Å². The monoisotopic (exact) mass is 378 g/mol. The average molecular weight is 378 g/mol. The van der Waals surface area contributed by atoms with Crippen LogP contribution in [0, 0.1) is 5.82 Å². The van der Waals surface area contributed by atoms with Gasteiger partial charge in [0.1, 0.15) is 5.82 Å². The van der Waals surface area contributed by atoms with E-state index in [1.165, 1.54) is 12.1 Å². The lowest BCUT2D eigenvalue weighted by Crippen LogP contribution is -2.48. The molecule has 4 rings (SSSR count). The number of benzene rings is 2. The summed E-state index contributed by atoms with van der Waals surface area (Å²) in [6.45, 7) is 2.02. The number of aromatic nitrogens is 2. The number of piperazine rings is 1. The van der Waals surface area contributed by atoms with Crippen LogP contribution in [0.15, 0.2) is 67.0 Å². The molecule has 1 amide bonds. The van der Waals surface area contributed by atoms with Gasteiger partial charge in [-0.3, -0.25) is 4.79 Å². The lowest BCUT2D eigenvalue weighted by Gasteiger charge is -2.36. The summed E-state index contributed by atoms with van der Waals surface area (Å²) in [6, 6.07) is 16.3. The van der Waals surface area contributed by atoms with Crippen LogP contribution in [0.1, 0.15) is 23.6 Å². The Balaban J connectivity index is 1.42. The number of rotatable bonds is 5. The summed E-state index contributed by atoms with van der Waals surface area (Å²) in [5.74, 6) is -0.188. The van der Waals surface area contributed by atoms with Crippen LogP contribution < -0.4 is 5.32 Å². The maximum absolute atomic E-state index is 13.6. The number of nitrogens with one attached hydrogen (secondary N) is 1. The van der Waals surface area contributed by atoms with Crippen LogP contribution in [0.3, 0.4) is 0 Å². The zero-order valence-corrected chi connectivity index (χ0v) is 15.6. The van der Waals surface area contributed by atoms with E-state index in [0.717, 1.165) is 23.4 Å². The van der Waals surface area contributed by atoms with Gasteiger partial charge in [-0.1, -0.05) is 30.3 Å². The molecule has 1 fully saturated rings. The molecule has 2 aromatic carbocycles. The second-order valence-corrected chi connectivity index (χ2v) is 6.99. The molecule has 1 aliphatic rings. The minimum atomic E-state index is -0.274. The number of para-hydroxylation sites is 1. The Hall–Kier alpha value is -2.99. The van der Waals surface area contributed by atoms with Gasteiger partial charge in [-0.05, 0) is 41.8 Å². The third-order valence-corrected chi connectivity index (χ3v) is 5.08. The highest BCUT2D eigenvalue weighted by Crippen LogP contribution is 2.24. The zero-order valence-electron chi connectivity index (χ0n) is 15.6. The number of halogens is 1. The van der Waals surface area contributed by atoms with E-state index in [2.05, 4.69) is 10.4 Å². The van der Waals surface area contributed by atoms with Gasteiger partial charge in [-0.25, -0.2) is 9.07 Å². The van der Waals surface area contributed by atoms with E-state index >= 15 is 0 Å². The molecule has 0 aliphatic carbocycles. The summed E-state index contributed by atoms with van der Waals surface area (Å²) in [4.78, 5) is 14.8. The second-order valence-electron chi connectivity index (χ2n) is 6.99. The van der Waals surface area contributed by atoms with Crippen LogP contribution in [0.25, 0.3) is 5.69 Å². The average Bonchev–Trinajstić information content (AvgIpc) is 3.22. The number of hydrogen-bond acceptors (Lipinski definition) is 3. The number of nitrogens with zero attached hydrogens (tertiary/aromatic N) is 3. The molecule has 1 aliphatic heterocycles. The molecule has 0 radical (unpaired) electrons. The van der Waals surface area contributed by atoms with Gasteiger partial charge < -0.3 is 10.2 Å². The first-order valence-electron chi connectivity index (χ1n) is 9.55. The fraction of sp³-hybridized carbons (Fsp3) is 0.273. The maximum Gasteiger partial charge on any atom is 0.223 e. The molecule has 3 aromatic rings. The molecule has 1 atom stereocenters. The van der Waals surface area contributed by atoms with Gasteiger partial charge in [-0.2, -0.15) is 5.10 Å². The van der Waals surface area contributed by atoms with E-state index in [1.54, 1.807) is 6.07 Å². The van der Waals surface area contributed by atoms with E-state index in [1.807, 2.05) is 58.4 Å². The molecule has 6 heteroatoms. The number of amides is 1. The molecule has 144 valence electrons. The minimum absolute atomic E-state index is 0.0863. The molecule has 1 N–H and O–H groups in total. The van der Waals surface area contributed by atoms with Crippen LogP contribution in [-0.2, 0) is 11.2 Å². The predicted molar refractivity (Wildman–Crippen MR) is 106 cm³/mol. The Kier molecular flexibility index (Phi) is 5.48. The van der Waals surface area contributed by atoms with Gasteiger partial charge in [0.05, 0.1) is 17.9 Å². The van der Waals surface area contributed by atoms with Crippen LogP contribution in [0.5, 0.6) is 0 Å². The van der Waals surface area contributed by atoms with Crippen molar-refractivity contribution in [1.29, 1.82) is 0 Å². The quantitative estimate of drug-likeness (QED) is 0.742. The summed E-state index contributed by atoms with van der Waals surface area (Å²) in [6.07, 6.45) is 4.81. The van der Waals surface area contributed by atoms with Gasteiger partial charge in [-0.15, -0.1) is 0 Å². The highest BCUT2D eigenvalue weighted by atomic mass is 19.1. The van der Waals surface area contributed by atoms with Crippen LogP contribution >= 0.6 is 0 Å². The van der Waals surface area contributed by atoms with Crippen molar-refractivity contribution in [2.75, 3.05) is 19.6 Å². The Morgan fingerprint density at radius 2 is 2.04 bits per heavy atom. The Morgan fingerprint density at radius 1 is 1.18 bits per heavy atom. The highest BCUT2D eigenvalue weighted by Gasteiger charge is 2.27. The van der Waals surface area contributed by atoms with Gasteiger partial charge in [0, 0.05) is 32.3 Å². The Labute approximate surface area is 163 Å². The number of carbonyl (C=O) groups is 1. The summed E-state index contributed by atoms with van der Waals surface area (Å²) in [7, 11) is 0. The van der Waals surface area contributed by atoms with Crippen LogP contribution in [0.2, 0.25) is 0 Å². The molecule has 2 heterocycles. The minimum Gasteiger partial charge on any atom is -0.333 e. The van der Waals surface area contributed by atoms with Crippen LogP contribution in [0.4, 0.5) is 4.39 Å². The third kappa shape index (κ3) is 4.12. The smallest absolute Gasteiger partial charge is 0.223 e. The fourth-order valence-electron chi connectivity index (χ4n) is 3.62. The number of hydrogen-bond donors (Lipinski definition) is 1. The number of aryl methyl sites for hydroxylation is 1. The Bertz CT molecular complexity index is 940. The summed E-state index contributed by atoms with van der Waals surface area (Å²) in [5, 5.41) is 7.69. The lowest BCUT2D eigenvalue weighted by atomic mass is 10.0. The Morgan fingerprint density at radius 3 is 2.86 bits per heavy atom. The predicted octanol–water partition coefficient (Wildman–Crippen LogP) is 3.12. The summed E-state index contributed by atoms with van der Waals surface area (Å²) in [5.41, 5.74) is 2.85. The molecule has 1 saturated heterocycles. The molecule has 5 nitrogen and oxygen atoms in total. The van der Waals surface area contributed by atoms with Crippen molar-refractivity contribution in [2.45, 2.75) is 18.9 Å². The normalized spacial score (nSPS) is 16.9. The first-order valence-corrected chi connectivity index (χ1v) is 9.55. The van der Waals surface area contributed by atoms with Crippen molar-refractivity contribution in [3.05, 3.63) is 83.9 Å². The third-order valence-electron chi connectivity index (χ3n) is 5.08. The van der Waals surface area contributed by atoms with E-state index < -0.39 is 0 Å². The lowest BCUT2D eigenvalue weighted by molar-refractivity contribution is -0.134. The van der Waals surface area contributed by atoms with Crippen molar-refractivity contribution in [3.63, 3.8) is 0 Å². The van der Waals surface area contributed by atoms with E-state index in [9.17, 15) is 9.18 Å². The standard InChI is InChI=1S/C22H23FN4O/c23-19-6-4-5-18(13-19)21-15-24-11-12-26(21)22(28)10-9-17-14-25-27(16-17)20-7-2-1-3-8-20/h1-8,13-14,16,21,24H,9-12,15H2. The van der Waals surface area contributed by atoms with Gasteiger partial charge in [0.25, 0.3) is 0 Å². The second kappa shape index (κ2) is 8.35. The summed E-state index contributed by atoms with van der Waals surface area (Å²) >= 11 is 0. The van der Waals surface area contributed by atoms with Crippen molar-refractivity contribution < 1.29 is 9.18 Å². The molecule has 28 heavy (non-hydrogen) atoms. The molecule has 0 saturated carbocycles. The molecular formula is C22H23FN4O.